The van der Waals surface area contributed by atoms with Gasteiger partial charge in [0.1, 0.15) is 42.2 Å². The number of aromatic nitrogens is 3. The molecule has 4 aromatic rings. The van der Waals surface area contributed by atoms with Crippen molar-refractivity contribution in [2.75, 3.05) is 116 Å². The second-order valence-electron chi connectivity index (χ2n) is 19.5. The zero-order chi connectivity index (χ0) is 53.3. The fraction of sp³-hybridized carbons (Fsp3) is 0.577. The summed E-state index contributed by atoms with van der Waals surface area (Å²) < 4.78 is 101. The lowest BCUT2D eigenvalue weighted by atomic mass is 9.99. The predicted octanol–water partition coefficient (Wildman–Crippen LogP) is 5.49. The fourth-order valence-corrected chi connectivity index (χ4v) is 11.0. The SMILES string of the molecule is Cc1cc(N)nc(-c2c(Cl)cc3c(N4CC5CCC(C4)N5)nc(OC[C@@H]4CCCN4CCCOCCOCCOCCOCCOCCOc4cccc5c4CN(C4CCC(=O)NC4=O)C5=O)nc3c2F)c1C(F)(F)F. The van der Waals surface area contributed by atoms with Gasteiger partial charge in [-0.3, -0.25) is 24.6 Å². The molecule has 5 aliphatic rings. The molecule has 2 aromatic heterocycles. The van der Waals surface area contributed by atoms with Crippen LogP contribution >= 0.6 is 11.6 Å². The number of hydrogen-bond donors (Lipinski definition) is 3. The number of piperidine rings is 1. The van der Waals surface area contributed by atoms with Crippen molar-refractivity contribution < 1.29 is 65.1 Å². The number of carbonyl (C=O) groups excluding carboxylic acids is 3. The topological polar surface area (TPSA) is 214 Å². The largest absolute Gasteiger partial charge is 0.491 e. The third kappa shape index (κ3) is 13.2. The lowest BCUT2D eigenvalue weighted by Crippen LogP contribution is -2.52. The molecule has 76 heavy (non-hydrogen) atoms. The number of aryl methyl sites for hydroxylation is 1. The van der Waals surface area contributed by atoms with Crippen molar-refractivity contribution in [3.05, 3.63) is 63.4 Å². The van der Waals surface area contributed by atoms with Crippen molar-refractivity contribution in [1.29, 1.82) is 0 Å². The normalized spacial score (nSPS) is 20.8. The number of alkyl halides is 3. The second kappa shape index (κ2) is 25.3. The molecule has 4 fully saturated rings. The molecule has 4 atom stereocenters. The molecule has 24 heteroatoms. The Morgan fingerprint density at radius 3 is 2.17 bits per heavy atom. The van der Waals surface area contributed by atoms with Gasteiger partial charge in [0.15, 0.2) is 5.82 Å². The smallest absolute Gasteiger partial charge is 0.418 e. The summed E-state index contributed by atoms with van der Waals surface area (Å²) in [5.74, 6) is -1.36. The molecule has 4 N–H and O–H groups in total. The highest BCUT2D eigenvalue weighted by Gasteiger charge is 2.42. The molecule has 0 spiro atoms. The molecule has 19 nitrogen and oxygen atoms in total. The number of likely N-dealkylation sites (tertiary alicyclic amines) is 1. The molecule has 7 heterocycles. The summed E-state index contributed by atoms with van der Waals surface area (Å²) in [6.45, 7) is 8.85. The van der Waals surface area contributed by atoms with E-state index in [4.69, 9.17) is 55.5 Å². The highest BCUT2D eigenvalue weighted by Crippen LogP contribution is 2.45. The number of nitrogens with one attached hydrogen (secondary N) is 2. The van der Waals surface area contributed by atoms with Gasteiger partial charge in [0.2, 0.25) is 11.8 Å². The number of imide groups is 1. The van der Waals surface area contributed by atoms with Crippen molar-refractivity contribution in [1.82, 2.24) is 35.4 Å². The van der Waals surface area contributed by atoms with Crippen LogP contribution in [-0.4, -0.2) is 172 Å². The number of hydrogen-bond acceptors (Lipinski definition) is 17. The number of ether oxygens (including phenoxy) is 7. The summed E-state index contributed by atoms with van der Waals surface area (Å²) in [5.41, 5.74) is 4.28. The minimum atomic E-state index is -4.87. The summed E-state index contributed by atoms with van der Waals surface area (Å²) in [5, 5.41) is 5.88. The molecular weight excluding hydrogens is 1020 g/mol. The molecule has 0 saturated carbocycles. The first kappa shape index (κ1) is 55.2. The summed E-state index contributed by atoms with van der Waals surface area (Å²) in [6, 6.07) is 7.40. The number of carbonyl (C=O) groups is 3. The zero-order valence-electron chi connectivity index (χ0n) is 42.4. The number of fused-ring (bicyclic) bond motifs is 4. The number of benzene rings is 2. The number of anilines is 2. The van der Waals surface area contributed by atoms with Gasteiger partial charge in [-0.25, -0.2) is 9.37 Å². The molecule has 3 amide bonds. The van der Waals surface area contributed by atoms with Gasteiger partial charge in [-0.2, -0.15) is 23.1 Å². The minimum absolute atomic E-state index is 0.0344. The molecule has 4 saturated heterocycles. The fourth-order valence-electron chi connectivity index (χ4n) is 10.7. The van der Waals surface area contributed by atoms with Crippen molar-refractivity contribution in [2.45, 2.75) is 88.8 Å². The van der Waals surface area contributed by atoms with E-state index in [-0.39, 0.29) is 89.4 Å². The van der Waals surface area contributed by atoms with E-state index in [0.29, 0.717) is 108 Å². The number of nitrogens with zero attached hydrogens (tertiary/aromatic N) is 6. The summed E-state index contributed by atoms with van der Waals surface area (Å²) in [6.07, 6.45) is 0.170. The highest BCUT2D eigenvalue weighted by molar-refractivity contribution is 6.34. The molecule has 0 radical (unpaired) electrons. The van der Waals surface area contributed by atoms with Crippen LogP contribution in [0.1, 0.15) is 72.0 Å². The first-order chi connectivity index (χ1) is 36.7. The van der Waals surface area contributed by atoms with E-state index in [1.54, 1.807) is 18.2 Å². The number of halogens is 5. The van der Waals surface area contributed by atoms with Crippen LogP contribution < -0.4 is 30.7 Å². The quantitative estimate of drug-likeness (QED) is 0.0403. The van der Waals surface area contributed by atoms with Crippen LogP contribution in [0.25, 0.3) is 22.2 Å². The van der Waals surface area contributed by atoms with Crippen molar-refractivity contribution in [2.24, 2.45) is 0 Å². The van der Waals surface area contributed by atoms with Crippen LogP contribution in [0, 0.1) is 12.7 Å². The van der Waals surface area contributed by atoms with Gasteiger partial charge >= 0.3 is 12.2 Å². The number of nitrogen functional groups attached to an aromatic ring is 1. The maximum Gasteiger partial charge on any atom is 0.418 e. The van der Waals surface area contributed by atoms with Crippen molar-refractivity contribution in [3.63, 3.8) is 0 Å². The number of nitrogens with two attached hydrogens (primary N) is 1. The Hall–Kier alpha value is -5.53. The van der Waals surface area contributed by atoms with E-state index in [9.17, 15) is 27.6 Å². The number of amides is 3. The van der Waals surface area contributed by atoms with Gasteiger partial charge in [0.25, 0.3) is 5.91 Å². The summed E-state index contributed by atoms with van der Waals surface area (Å²) >= 11 is 6.66. The Balaban J connectivity index is 0.642. The second-order valence-corrected chi connectivity index (χ2v) is 19.9. The third-order valence-corrected chi connectivity index (χ3v) is 14.6. The number of piperazine rings is 1. The Bertz CT molecular complexity index is 2720. The molecule has 2 bridgehead atoms. The maximum atomic E-state index is 16.9. The van der Waals surface area contributed by atoms with Crippen LogP contribution in [0.5, 0.6) is 11.8 Å². The Morgan fingerprint density at radius 1 is 0.829 bits per heavy atom. The van der Waals surface area contributed by atoms with Crippen molar-refractivity contribution >= 4 is 51.9 Å². The average molecular weight is 1090 g/mol. The van der Waals surface area contributed by atoms with Gasteiger partial charge < -0.3 is 54.0 Å². The van der Waals surface area contributed by atoms with Gasteiger partial charge in [0.05, 0.1) is 87.9 Å². The van der Waals surface area contributed by atoms with Gasteiger partial charge in [-0.15, -0.1) is 0 Å². The average Bonchev–Trinajstić information content (AvgIpc) is 4.13. The van der Waals surface area contributed by atoms with E-state index >= 15 is 4.39 Å². The van der Waals surface area contributed by atoms with Crippen LogP contribution in [0.3, 0.4) is 0 Å². The van der Waals surface area contributed by atoms with Crippen molar-refractivity contribution in [3.8, 4) is 23.0 Å². The Kier molecular flexibility index (Phi) is 18.4. The standard InChI is InChI=1S/C52H64ClF4N9O10/c1-31-25-41(58)60-47(44(31)52(55,56)57)43-38(53)26-36-46(45(43)54)62-51(63-48(36)65-27-32-8-9-33(28-65)59-32)76-30-34-5-3-12-64(34)13-4-14-70-15-16-71-17-18-72-19-20-73-21-22-74-23-24-75-40-7-2-6-35-37(40)29-66(50(35)69)39-10-11-42(67)61-49(39)68/h2,6-7,25-26,32-34,39,59H,3-5,8-24,27-30H2,1H3,(H2,58,60)(H,61,67,68)/t32?,33?,34-,39?/m0/s1. The van der Waals surface area contributed by atoms with Gasteiger partial charge in [-0.05, 0) is 81.8 Å². The molecule has 3 unspecified atom stereocenters. The lowest BCUT2D eigenvalue weighted by Gasteiger charge is -2.34. The lowest BCUT2D eigenvalue weighted by molar-refractivity contribution is -0.138. The molecule has 9 rings (SSSR count). The van der Waals surface area contributed by atoms with Crippen LogP contribution in [0.4, 0.5) is 29.2 Å². The maximum absolute atomic E-state index is 16.9. The first-order valence-electron chi connectivity index (χ1n) is 25.9. The van der Waals surface area contributed by atoms with E-state index in [1.165, 1.54) is 17.9 Å². The molecular formula is C52H64ClF4N9O10. The van der Waals surface area contributed by atoms with Gasteiger partial charge in [0, 0.05) is 67.3 Å². The molecule has 412 valence electrons. The number of rotatable bonds is 26. The van der Waals surface area contributed by atoms with E-state index < -0.39 is 40.8 Å². The molecule has 0 aliphatic carbocycles. The third-order valence-electron chi connectivity index (χ3n) is 14.3. The molecule has 2 aromatic carbocycles. The minimum Gasteiger partial charge on any atom is -0.491 e. The Labute approximate surface area is 442 Å². The van der Waals surface area contributed by atoms with Crippen LogP contribution in [-0.2, 0) is 46.0 Å². The van der Waals surface area contributed by atoms with Crippen LogP contribution in [0.15, 0.2) is 30.3 Å². The Morgan fingerprint density at radius 2 is 1.50 bits per heavy atom. The summed E-state index contributed by atoms with van der Waals surface area (Å²) in [4.78, 5) is 56.0. The van der Waals surface area contributed by atoms with E-state index in [1.807, 2.05) is 4.90 Å². The molecule has 5 aliphatic heterocycles. The monoisotopic (exact) mass is 1090 g/mol. The summed E-state index contributed by atoms with van der Waals surface area (Å²) in [7, 11) is 0. The van der Waals surface area contributed by atoms with Crippen LogP contribution in [0.2, 0.25) is 5.02 Å². The van der Waals surface area contributed by atoms with E-state index in [2.05, 4.69) is 25.5 Å². The van der Waals surface area contributed by atoms with Gasteiger partial charge in [-0.1, -0.05) is 17.7 Å². The first-order valence-corrected chi connectivity index (χ1v) is 26.3. The predicted molar refractivity (Wildman–Crippen MR) is 271 cm³/mol. The zero-order valence-corrected chi connectivity index (χ0v) is 43.2. The highest BCUT2D eigenvalue weighted by atomic mass is 35.5. The van der Waals surface area contributed by atoms with E-state index in [0.717, 1.165) is 51.3 Å². The number of pyridine rings is 1.